The second-order valence-corrected chi connectivity index (χ2v) is 6.11. The first-order chi connectivity index (χ1) is 7.99. The zero-order valence-corrected chi connectivity index (χ0v) is 11.9. The van der Waals surface area contributed by atoms with Crippen molar-refractivity contribution in [2.75, 3.05) is 0 Å². The van der Waals surface area contributed by atoms with Crippen LogP contribution in [0.4, 0.5) is 4.39 Å². The minimum absolute atomic E-state index is 0.325. The van der Waals surface area contributed by atoms with Crippen molar-refractivity contribution < 1.29 is 9.50 Å². The molecule has 90 valence electrons. The lowest BCUT2D eigenvalue weighted by atomic mass is 10.0. The summed E-state index contributed by atoms with van der Waals surface area (Å²) in [6.07, 6.45) is -0.779. The van der Waals surface area contributed by atoms with E-state index >= 15 is 0 Å². The van der Waals surface area contributed by atoms with Gasteiger partial charge in [-0.1, -0.05) is 6.07 Å². The second-order valence-electron chi connectivity index (χ2n) is 3.97. The highest BCUT2D eigenvalue weighted by Crippen LogP contribution is 2.36. The van der Waals surface area contributed by atoms with E-state index < -0.39 is 6.10 Å². The van der Waals surface area contributed by atoms with Crippen LogP contribution in [-0.4, -0.2) is 5.11 Å². The molecule has 0 saturated carbocycles. The van der Waals surface area contributed by atoms with Crippen molar-refractivity contribution in [1.29, 1.82) is 0 Å². The Kier molecular flexibility index (Phi) is 3.66. The molecule has 1 heterocycles. The molecule has 2 rings (SSSR count). The van der Waals surface area contributed by atoms with E-state index in [1.54, 1.807) is 6.07 Å². The van der Waals surface area contributed by atoms with Gasteiger partial charge in [-0.05, 0) is 59.1 Å². The molecule has 1 N–H and O–H groups in total. The van der Waals surface area contributed by atoms with Crippen molar-refractivity contribution in [3.05, 3.63) is 55.4 Å². The Balaban J connectivity index is 2.46. The molecule has 0 aliphatic rings. The van der Waals surface area contributed by atoms with Gasteiger partial charge >= 0.3 is 0 Å². The van der Waals surface area contributed by atoms with Crippen LogP contribution in [0.1, 0.15) is 27.0 Å². The summed E-state index contributed by atoms with van der Waals surface area (Å²) in [5.41, 5.74) is 1.50. The smallest absolute Gasteiger partial charge is 0.123 e. The Morgan fingerprint density at radius 2 is 2.00 bits per heavy atom. The third kappa shape index (κ3) is 2.59. The van der Waals surface area contributed by atoms with E-state index in [2.05, 4.69) is 15.9 Å². The lowest BCUT2D eigenvalue weighted by molar-refractivity contribution is 0.222. The van der Waals surface area contributed by atoms with Crippen LogP contribution in [0.5, 0.6) is 0 Å². The molecular formula is C13H12BrFOS. The Labute approximate surface area is 112 Å². The van der Waals surface area contributed by atoms with E-state index in [4.69, 9.17) is 0 Å². The van der Waals surface area contributed by atoms with Gasteiger partial charge in [0.15, 0.2) is 0 Å². The highest BCUT2D eigenvalue weighted by molar-refractivity contribution is 9.10. The molecule has 2 aromatic rings. The van der Waals surface area contributed by atoms with Gasteiger partial charge in [0.05, 0.1) is 4.88 Å². The fourth-order valence-corrected chi connectivity index (χ4v) is 3.61. The number of thiophene rings is 1. The number of hydrogen-bond acceptors (Lipinski definition) is 2. The molecule has 0 amide bonds. The third-order valence-electron chi connectivity index (χ3n) is 2.62. The van der Waals surface area contributed by atoms with E-state index in [-0.39, 0.29) is 5.82 Å². The van der Waals surface area contributed by atoms with Gasteiger partial charge in [0, 0.05) is 9.35 Å². The van der Waals surface area contributed by atoms with Crippen LogP contribution >= 0.6 is 27.3 Å². The van der Waals surface area contributed by atoms with E-state index in [0.29, 0.717) is 5.56 Å². The first kappa shape index (κ1) is 12.7. The van der Waals surface area contributed by atoms with Crippen LogP contribution in [0.3, 0.4) is 0 Å². The van der Waals surface area contributed by atoms with E-state index in [9.17, 15) is 9.50 Å². The zero-order chi connectivity index (χ0) is 12.6. The number of halogens is 2. The van der Waals surface area contributed by atoms with Crippen LogP contribution in [0, 0.1) is 19.7 Å². The van der Waals surface area contributed by atoms with Crippen LogP contribution < -0.4 is 0 Å². The number of aryl methyl sites for hydroxylation is 2. The second kappa shape index (κ2) is 4.88. The van der Waals surface area contributed by atoms with Crippen LogP contribution in [0.2, 0.25) is 0 Å². The summed E-state index contributed by atoms with van der Waals surface area (Å²) < 4.78 is 14.1. The van der Waals surface area contributed by atoms with Crippen molar-refractivity contribution in [3.8, 4) is 0 Å². The van der Waals surface area contributed by atoms with Crippen molar-refractivity contribution in [2.45, 2.75) is 20.0 Å². The maximum Gasteiger partial charge on any atom is 0.123 e. The number of hydrogen-bond donors (Lipinski definition) is 1. The van der Waals surface area contributed by atoms with E-state index in [1.807, 2.05) is 19.9 Å². The summed E-state index contributed by atoms with van der Waals surface area (Å²) in [5.74, 6) is -0.325. The first-order valence-corrected chi connectivity index (χ1v) is 6.80. The largest absolute Gasteiger partial charge is 0.383 e. The maximum absolute atomic E-state index is 13.2. The average molecular weight is 315 g/mol. The lowest BCUT2D eigenvalue weighted by Crippen LogP contribution is -2.01. The molecule has 0 spiro atoms. The lowest BCUT2D eigenvalue weighted by Gasteiger charge is -2.13. The Morgan fingerprint density at radius 1 is 1.29 bits per heavy atom. The van der Waals surface area contributed by atoms with Crippen LogP contribution in [-0.2, 0) is 0 Å². The Bertz CT molecular complexity index is 550. The van der Waals surface area contributed by atoms with Gasteiger partial charge in [0.25, 0.3) is 0 Å². The molecule has 1 aromatic heterocycles. The SMILES string of the molecule is Cc1cc(Br)c(C(O)c2cc(F)ccc2C)s1. The first-order valence-electron chi connectivity index (χ1n) is 5.19. The van der Waals surface area contributed by atoms with Crippen molar-refractivity contribution in [1.82, 2.24) is 0 Å². The van der Waals surface area contributed by atoms with Gasteiger partial charge < -0.3 is 5.11 Å². The van der Waals surface area contributed by atoms with Crippen LogP contribution in [0.15, 0.2) is 28.7 Å². The van der Waals surface area contributed by atoms with E-state index in [0.717, 1.165) is 19.8 Å². The topological polar surface area (TPSA) is 20.2 Å². The van der Waals surface area contributed by atoms with Crippen molar-refractivity contribution >= 4 is 27.3 Å². The minimum atomic E-state index is -0.779. The predicted octanol–water partition coefficient (Wildman–Crippen LogP) is 4.35. The average Bonchev–Trinajstić information content (AvgIpc) is 2.60. The molecule has 1 nitrogen and oxygen atoms in total. The normalized spacial score (nSPS) is 12.8. The molecule has 1 atom stereocenters. The number of rotatable bonds is 2. The molecule has 0 saturated heterocycles. The summed E-state index contributed by atoms with van der Waals surface area (Å²) >= 11 is 4.93. The summed E-state index contributed by atoms with van der Waals surface area (Å²) in [4.78, 5) is 1.93. The number of benzene rings is 1. The molecule has 1 aromatic carbocycles. The quantitative estimate of drug-likeness (QED) is 0.873. The summed E-state index contributed by atoms with van der Waals surface area (Å²) in [6, 6.07) is 6.43. The molecule has 0 radical (unpaired) electrons. The standard InChI is InChI=1S/C13H12BrFOS/c1-7-3-4-9(15)6-10(7)12(16)13-11(14)5-8(2)17-13/h3-6,12,16H,1-2H3. The molecule has 17 heavy (non-hydrogen) atoms. The molecule has 0 aliphatic heterocycles. The van der Waals surface area contributed by atoms with Crippen LogP contribution in [0.25, 0.3) is 0 Å². The fraction of sp³-hybridized carbons (Fsp3) is 0.231. The van der Waals surface area contributed by atoms with Gasteiger partial charge in [-0.15, -0.1) is 11.3 Å². The molecule has 0 fully saturated rings. The monoisotopic (exact) mass is 314 g/mol. The fourth-order valence-electron chi connectivity index (χ4n) is 1.73. The highest BCUT2D eigenvalue weighted by Gasteiger charge is 2.18. The highest BCUT2D eigenvalue weighted by atomic mass is 79.9. The van der Waals surface area contributed by atoms with Gasteiger partial charge in [-0.2, -0.15) is 0 Å². The predicted molar refractivity (Wildman–Crippen MR) is 72.0 cm³/mol. The summed E-state index contributed by atoms with van der Waals surface area (Å²) in [7, 11) is 0. The maximum atomic E-state index is 13.2. The van der Waals surface area contributed by atoms with Crippen molar-refractivity contribution in [2.24, 2.45) is 0 Å². The van der Waals surface area contributed by atoms with Gasteiger partial charge in [-0.3, -0.25) is 0 Å². The summed E-state index contributed by atoms with van der Waals surface area (Å²) in [5, 5.41) is 10.3. The van der Waals surface area contributed by atoms with Gasteiger partial charge in [0.1, 0.15) is 11.9 Å². The van der Waals surface area contributed by atoms with Crippen molar-refractivity contribution in [3.63, 3.8) is 0 Å². The molecule has 4 heteroatoms. The number of aliphatic hydroxyl groups is 1. The van der Waals surface area contributed by atoms with E-state index in [1.165, 1.54) is 23.5 Å². The molecule has 0 bridgehead atoms. The van der Waals surface area contributed by atoms with Gasteiger partial charge in [0.2, 0.25) is 0 Å². The number of aliphatic hydroxyl groups excluding tert-OH is 1. The zero-order valence-electron chi connectivity index (χ0n) is 9.50. The third-order valence-corrected chi connectivity index (χ3v) is 4.64. The minimum Gasteiger partial charge on any atom is -0.383 e. The van der Waals surface area contributed by atoms with Gasteiger partial charge in [-0.25, -0.2) is 4.39 Å². The Hall–Kier alpha value is -0.710. The molecular weight excluding hydrogens is 303 g/mol. The Morgan fingerprint density at radius 3 is 2.59 bits per heavy atom. The molecule has 1 unspecified atom stereocenters. The summed E-state index contributed by atoms with van der Waals surface area (Å²) in [6.45, 7) is 3.84. The molecule has 0 aliphatic carbocycles.